The maximum atomic E-state index is 6.10. The molecule has 0 aromatic heterocycles. The molecule has 0 aliphatic carbocycles. The van der Waals surface area contributed by atoms with Crippen molar-refractivity contribution in [1.82, 2.24) is 0 Å². The fourth-order valence-electron chi connectivity index (χ4n) is 3.32. The van der Waals surface area contributed by atoms with Crippen LogP contribution in [0.4, 0.5) is 0 Å². The van der Waals surface area contributed by atoms with E-state index in [4.69, 9.17) is 9.47 Å². The van der Waals surface area contributed by atoms with Gasteiger partial charge in [0, 0.05) is 11.3 Å². The minimum atomic E-state index is -0.407. The molecule has 0 saturated carbocycles. The van der Waals surface area contributed by atoms with Crippen LogP contribution in [0.2, 0.25) is 0 Å². The molecule has 2 heterocycles. The molecule has 2 nitrogen and oxygen atoms in total. The highest BCUT2D eigenvalue weighted by atomic mass is 31.1. The highest BCUT2D eigenvalue weighted by Gasteiger charge is 2.55. The Hall–Kier alpha value is -0.430. The Morgan fingerprint density at radius 2 is 1.44 bits per heavy atom. The lowest BCUT2D eigenvalue weighted by atomic mass is 10.1. The molecule has 1 aromatic carbocycles. The molecule has 2 fully saturated rings. The van der Waals surface area contributed by atoms with Crippen molar-refractivity contribution in [3.8, 4) is 0 Å². The maximum absolute atomic E-state index is 6.10. The summed E-state index contributed by atoms with van der Waals surface area (Å²) in [6.45, 7) is 8.69. The Bertz CT molecular complexity index is 411. The van der Waals surface area contributed by atoms with Crippen LogP contribution in [0.15, 0.2) is 30.3 Å². The van der Waals surface area contributed by atoms with Crippen molar-refractivity contribution < 1.29 is 9.47 Å². The van der Waals surface area contributed by atoms with Crippen LogP contribution in [0.5, 0.6) is 0 Å². The molecular weight excluding hydrogens is 243 g/mol. The van der Waals surface area contributed by atoms with Gasteiger partial charge < -0.3 is 9.47 Å². The standard InChI is InChI=1S/C15H21O2P/c1-10-13-14(17-15(3,4)16-13)11(2)18(10)12-8-6-5-7-9-12/h5-11,13-14H,1-4H3. The molecule has 18 heavy (non-hydrogen) atoms. The first-order valence-electron chi connectivity index (χ1n) is 6.69. The molecule has 4 unspecified atom stereocenters. The van der Waals surface area contributed by atoms with Crippen LogP contribution >= 0.6 is 7.92 Å². The third-order valence-electron chi connectivity index (χ3n) is 4.05. The van der Waals surface area contributed by atoms with E-state index in [-0.39, 0.29) is 20.1 Å². The Labute approximate surface area is 110 Å². The highest BCUT2D eigenvalue weighted by molar-refractivity contribution is 7.67. The molecule has 1 aromatic rings. The minimum absolute atomic E-state index is 0.187. The molecular formula is C15H21O2P. The zero-order valence-electron chi connectivity index (χ0n) is 11.5. The monoisotopic (exact) mass is 264 g/mol. The summed E-state index contributed by atoms with van der Waals surface area (Å²) in [5, 5.41) is 1.48. The molecule has 2 aliphatic heterocycles. The summed E-state index contributed by atoms with van der Waals surface area (Å²) in [4.78, 5) is 0. The first-order chi connectivity index (χ1) is 8.49. The van der Waals surface area contributed by atoms with E-state index in [9.17, 15) is 0 Å². The van der Waals surface area contributed by atoms with Crippen LogP contribution in [0.1, 0.15) is 27.7 Å². The second-order valence-electron chi connectivity index (χ2n) is 5.79. The third kappa shape index (κ3) is 1.91. The largest absolute Gasteiger partial charge is 0.344 e. The molecule has 0 radical (unpaired) electrons. The van der Waals surface area contributed by atoms with Gasteiger partial charge in [-0.2, -0.15) is 0 Å². The topological polar surface area (TPSA) is 18.5 Å². The predicted octanol–water partition coefficient (Wildman–Crippen LogP) is 3.10. The van der Waals surface area contributed by atoms with E-state index in [1.807, 2.05) is 13.8 Å². The summed E-state index contributed by atoms with van der Waals surface area (Å²) in [7, 11) is -0.187. The minimum Gasteiger partial charge on any atom is -0.344 e. The van der Waals surface area contributed by atoms with E-state index >= 15 is 0 Å². The van der Waals surface area contributed by atoms with Crippen molar-refractivity contribution in [2.75, 3.05) is 0 Å². The van der Waals surface area contributed by atoms with Gasteiger partial charge in [0.1, 0.15) is 0 Å². The molecule has 2 aliphatic rings. The van der Waals surface area contributed by atoms with Crippen molar-refractivity contribution in [3.63, 3.8) is 0 Å². The van der Waals surface area contributed by atoms with Crippen molar-refractivity contribution >= 4 is 13.2 Å². The van der Waals surface area contributed by atoms with Gasteiger partial charge in [-0.05, 0) is 19.2 Å². The lowest BCUT2D eigenvalue weighted by Gasteiger charge is -2.27. The van der Waals surface area contributed by atoms with E-state index in [0.717, 1.165) is 0 Å². The van der Waals surface area contributed by atoms with E-state index < -0.39 is 5.79 Å². The van der Waals surface area contributed by atoms with Gasteiger partial charge in [0.05, 0.1) is 12.2 Å². The fourth-order valence-corrected chi connectivity index (χ4v) is 6.61. The molecule has 0 N–H and O–H groups in total. The lowest BCUT2D eigenvalue weighted by molar-refractivity contribution is -0.147. The summed E-state index contributed by atoms with van der Waals surface area (Å²) >= 11 is 0. The molecule has 4 atom stereocenters. The molecule has 0 spiro atoms. The SMILES string of the molecule is CC1C2OC(C)(C)OC2C(C)P1c1ccccc1. The van der Waals surface area contributed by atoms with Gasteiger partial charge in [-0.15, -0.1) is 0 Å². The van der Waals surface area contributed by atoms with Crippen LogP contribution < -0.4 is 5.30 Å². The number of fused-ring (bicyclic) bond motifs is 1. The number of hydrogen-bond acceptors (Lipinski definition) is 2. The maximum Gasteiger partial charge on any atom is 0.163 e. The fraction of sp³-hybridized carbons (Fsp3) is 0.600. The zero-order chi connectivity index (χ0) is 12.9. The third-order valence-corrected chi connectivity index (χ3v) is 7.28. The van der Waals surface area contributed by atoms with Gasteiger partial charge in [-0.25, -0.2) is 0 Å². The van der Waals surface area contributed by atoms with E-state index in [1.165, 1.54) is 5.30 Å². The molecule has 0 bridgehead atoms. The molecule has 3 rings (SSSR count). The predicted molar refractivity (Wildman–Crippen MR) is 75.7 cm³/mol. The van der Waals surface area contributed by atoms with Crippen molar-refractivity contribution in [1.29, 1.82) is 0 Å². The molecule has 0 amide bonds. The van der Waals surface area contributed by atoms with Gasteiger partial charge in [0.15, 0.2) is 5.79 Å². The van der Waals surface area contributed by atoms with Crippen LogP contribution in [0, 0.1) is 0 Å². The van der Waals surface area contributed by atoms with Crippen molar-refractivity contribution in [2.45, 2.75) is 57.0 Å². The van der Waals surface area contributed by atoms with E-state index in [0.29, 0.717) is 11.3 Å². The van der Waals surface area contributed by atoms with Crippen LogP contribution in [0.25, 0.3) is 0 Å². The van der Waals surface area contributed by atoms with Crippen LogP contribution in [0.3, 0.4) is 0 Å². The number of ether oxygens (including phenoxy) is 2. The summed E-state index contributed by atoms with van der Waals surface area (Å²) < 4.78 is 12.2. The number of benzene rings is 1. The van der Waals surface area contributed by atoms with Crippen molar-refractivity contribution in [3.05, 3.63) is 30.3 Å². The second kappa shape index (κ2) is 4.30. The first kappa shape index (κ1) is 12.6. The Kier molecular flexibility index (Phi) is 3.01. The van der Waals surface area contributed by atoms with Gasteiger partial charge in [-0.1, -0.05) is 52.1 Å². The number of hydrogen-bond donors (Lipinski definition) is 0. The summed E-state index contributed by atoms with van der Waals surface area (Å²) in [6.07, 6.45) is 0.530. The average molecular weight is 264 g/mol. The van der Waals surface area contributed by atoms with Gasteiger partial charge in [0.25, 0.3) is 0 Å². The van der Waals surface area contributed by atoms with Crippen molar-refractivity contribution in [2.24, 2.45) is 0 Å². The van der Waals surface area contributed by atoms with E-state index in [1.54, 1.807) is 0 Å². The smallest absolute Gasteiger partial charge is 0.163 e. The summed E-state index contributed by atoms with van der Waals surface area (Å²) in [5.41, 5.74) is 1.15. The molecule has 3 heteroatoms. The number of rotatable bonds is 1. The van der Waals surface area contributed by atoms with Crippen LogP contribution in [-0.4, -0.2) is 29.3 Å². The lowest BCUT2D eigenvalue weighted by Crippen LogP contribution is -2.27. The first-order valence-corrected chi connectivity index (χ1v) is 8.17. The average Bonchev–Trinajstić information content (AvgIpc) is 2.76. The van der Waals surface area contributed by atoms with E-state index in [2.05, 4.69) is 44.2 Å². The highest BCUT2D eigenvalue weighted by Crippen LogP contribution is 2.59. The summed E-state index contributed by atoms with van der Waals surface area (Å²) in [5.74, 6) is -0.407. The quantitative estimate of drug-likeness (QED) is 0.726. The Morgan fingerprint density at radius 1 is 0.944 bits per heavy atom. The molecule has 98 valence electrons. The normalized spacial score (nSPS) is 41.9. The zero-order valence-corrected chi connectivity index (χ0v) is 12.4. The van der Waals surface area contributed by atoms with Crippen LogP contribution in [-0.2, 0) is 9.47 Å². The Balaban J connectivity index is 1.89. The summed E-state index contributed by atoms with van der Waals surface area (Å²) in [6, 6.07) is 10.9. The van der Waals surface area contributed by atoms with Gasteiger partial charge in [0.2, 0.25) is 0 Å². The second-order valence-corrected chi connectivity index (χ2v) is 8.75. The van der Waals surface area contributed by atoms with Gasteiger partial charge in [-0.3, -0.25) is 0 Å². The van der Waals surface area contributed by atoms with Gasteiger partial charge >= 0.3 is 0 Å². The Morgan fingerprint density at radius 3 is 1.94 bits per heavy atom. The molecule has 2 saturated heterocycles.